The Kier molecular flexibility index (Phi) is 9.22. The summed E-state index contributed by atoms with van der Waals surface area (Å²) in [4.78, 5) is 2.40. The SMILES string of the molecule is COCCCN1CCOc2ccc(COC3CNCCC3c3ccc(COC(C)C)cc3)cc21. The molecule has 186 valence electrons. The summed E-state index contributed by atoms with van der Waals surface area (Å²) in [5, 5.41) is 3.52. The molecule has 1 N–H and O–H groups in total. The fourth-order valence-corrected chi connectivity index (χ4v) is 4.75. The third-order valence-electron chi connectivity index (χ3n) is 6.64. The van der Waals surface area contributed by atoms with Crippen molar-refractivity contribution in [2.45, 2.75) is 58.0 Å². The maximum atomic E-state index is 6.50. The molecule has 34 heavy (non-hydrogen) atoms. The number of benzene rings is 2. The van der Waals surface area contributed by atoms with Gasteiger partial charge in [0, 0.05) is 32.7 Å². The molecule has 2 aliphatic heterocycles. The van der Waals surface area contributed by atoms with E-state index in [4.69, 9.17) is 18.9 Å². The van der Waals surface area contributed by atoms with Gasteiger partial charge in [-0.1, -0.05) is 30.3 Å². The number of methoxy groups -OCH3 is 1. The van der Waals surface area contributed by atoms with Crippen LogP contribution in [0, 0.1) is 0 Å². The van der Waals surface area contributed by atoms with Crippen molar-refractivity contribution in [2.24, 2.45) is 0 Å². The van der Waals surface area contributed by atoms with Gasteiger partial charge >= 0.3 is 0 Å². The molecule has 0 saturated carbocycles. The van der Waals surface area contributed by atoms with Crippen LogP contribution in [0.1, 0.15) is 49.3 Å². The van der Waals surface area contributed by atoms with Gasteiger partial charge < -0.3 is 29.2 Å². The fraction of sp³-hybridized carbons (Fsp3) is 0.571. The molecule has 2 heterocycles. The van der Waals surface area contributed by atoms with Gasteiger partial charge in [0.1, 0.15) is 12.4 Å². The van der Waals surface area contributed by atoms with Crippen LogP contribution in [0.4, 0.5) is 5.69 Å². The molecule has 2 unspecified atom stereocenters. The molecule has 6 nitrogen and oxygen atoms in total. The summed E-state index contributed by atoms with van der Waals surface area (Å²) < 4.78 is 23.4. The topological polar surface area (TPSA) is 52.2 Å². The van der Waals surface area contributed by atoms with Crippen molar-refractivity contribution in [3.05, 3.63) is 59.2 Å². The van der Waals surface area contributed by atoms with Gasteiger partial charge in [-0.2, -0.15) is 0 Å². The smallest absolute Gasteiger partial charge is 0.142 e. The summed E-state index contributed by atoms with van der Waals surface area (Å²) in [6, 6.07) is 15.3. The van der Waals surface area contributed by atoms with Crippen LogP contribution in [0.3, 0.4) is 0 Å². The molecule has 0 spiro atoms. The largest absolute Gasteiger partial charge is 0.490 e. The lowest BCUT2D eigenvalue weighted by molar-refractivity contribution is 0.0106. The van der Waals surface area contributed by atoms with Gasteiger partial charge in [-0.3, -0.25) is 0 Å². The van der Waals surface area contributed by atoms with E-state index in [1.807, 2.05) is 0 Å². The van der Waals surface area contributed by atoms with Crippen LogP contribution in [0.2, 0.25) is 0 Å². The van der Waals surface area contributed by atoms with E-state index in [0.717, 1.165) is 58.0 Å². The first-order valence-corrected chi connectivity index (χ1v) is 12.7. The normalized spacial score (nSPS) is 20.3. The summed E-state index contributed by atoms with van der Waals surface area (Å²) in [6.07, 6.45) is 2.48. The second-order valence-electron chi connectivity index (χ2n) is 9.53. The second-order valence-corrected chi connectivity index (χ2v) is 9.53. The highest BCUT2D eigenvalue weighted by Crippen LogP contribution is 2.34. The Bertz CT molecular complexity index is 886. The van der Waals surface area contributed by atoms with Crippen molar-refractivity contribution in [3.8, 4) is 5.75 Å². The van der Waals surface area contributed by atoms with E-state index in [2.05, 4.69) is 66.5 Å². The standard InChI is InChI=1S/C28H40N2O4/c1-21(2)33-19-22-5-8-24(9-6-22)25-11-12-29-18-28(25)34-20-23-7-10-27-26(17-23)30(14-16-32-27)13-4-15-31-3/h5-10,17,21,25,28-29H,4,11-16,18-20H2,1-3H3. The first-order valence-electron chi connectivity index (χ1n) is 12.7. The van der Waals surface area contributed by atoms with Crippen LogP contribution in [0.5, 0.6) is 5.75 Å². The van der Waals surface area contributed by atoms with E-state index in [0.29, 0.717) is 19.1 Å². The first-order chi connectivity index (χ1) is 16.6. The molecule has 0 aromatic heterocycles. The monoisotopic (exact) mass is 468 g/mol. The van der Waals surface area contributed by atoms with E-state index >= 15 is 0 Å². The van der Waals surface area contributed by atoms with Crippen molar-refractivity contribution in [1.29, 1.82) is 0 Å². The third-order valence-corrected chi connectivity index (χ3v) is 6.64. The highest BCUT2D eigenvalue weighted by molar-refractivity contribution is 5.61. The summed E-state index contributed by atoms with van der Waals surface area (Å²) in [6.45, 7) is 10.7. The van der Waals surface area contributed by atoms with Gasteiger partial charge in [-0.25, -0.2) is 0 Å². The van der Waals surface area contributed by atoms with Gasteiger partial charge in [0.25, 0.3) is 0 Å². The number of rotatable bonds is 11. The van der Waals surface area contributed by atoms with E-state index in [1.165, 1.54) is 22.4 Å². The number of hydrogen-bond donors (Lipinski definition) is 1. The van der Waals surface area contributed by atoms with Crippen molar-refractivity contribution in [3.63, 3.8) is 0 Å². The van der Waals surface area contributed by atoms with Gasteiger partial charge in [-0.05, 0) is 62.1 Å². The van der Waals surface area contributed by atoms with Crippen molar-refractivity contribution >= 4 is 5.69 Å². The molecule has 2 aromatic rings. The zero-order chi connectivity index (χ0) is 23.8. The Labute approximate surface area is 204 Å². The minimum Gasteiger partial charge on any atom is -0.490 e. The van der Waals surface area contributed by atoms with Crippen molar-refractivity contribution in [1.82, 2.24) is 5.32 Å². The second kappa shape index (κ2) is 12.5. The Morgan fingerprint density at radius 2 is 1.91 bits per heavy atom. The molecular formula is C28H40N2O4. The van der Waals surface area contributed by atoms with Gasteiger partial charge in [-0.15, -0.1) is 0 Å². The predicted molar refractivity (Wildman–Crippen MR) is 136 cm³/mol. The fourth-order valence-electron chi connectivity index (χ4n) is 4.75. The average Bonchev–Trinajstić information content (AvgIpc) is 2.87. The Morgan fingerprint density at radius 1 is 1.09 bits per heavy atom. The van der Waals surface area contributed by atoms with E-state index in [-0.39, 0.29) is 12.2 Å². The minimum atomic E-state index is 0.150. The molecule has 1 fully saturated rings. The van der Waals surface area contributed by atoms with E-state index in [1.54, 1.807) is 7.11 Å². The quantitative estimate of drug-likeness (QED) is 0.490. The lowest BCUT2D eigenvalue weighted by Crippen LogP contribution is -2.41. The maximum Gasteiger partial charge on any atom is 0.142 e. The molecule has 4 rings (SSSR count). The van der Waals surface area contributed by atoms with Crippen LogP contribution in [0.15, 0.2) is 42.5 Å². The third kappa shape index (κ3) is 6.72. The van der Waals surface area contributed by atoms with E-state index < -0.39 is 0 Å². The highest BCUT2D eigenvalue weighted by atomic mass is 16.5. The van der Waals surface area contributed by atoms with Gasteiger partial charge in [0.2, 0.25) is 0 Å². The van der Waals surface area contributed by atoms with Crippen molar-refractivity contribution < 1.29 is 18.9 Å². The number of nitrogens with one attached hydrogen (secondary N) is 1. The van der Waals surface area contributed by atoms with Gasteiger partial charge in [0.05, 0.1) is 37.7 Å². The summed E-state index contributed by atoms with van der Waals surface area (Å²) in [5.41, 5.74) is 4.92. The number of nitrogens with zero attached hydrogens (tertiary/aromatic N) is 1. The number of hydrogen-bond acceptors (Lipinski definition) is 6. The molecule has 2 aliphatic rings. The lowest BCUT2D eigenvalue weighted by atomic mass is 9.87. The average molecular weight is 469 g/mol. The number of fused-ring (bicyclic) bond motifs is 1. The molecular weight excluding hydrogens is 428 g/mol. The Hall–Kier alpha value is -2.12. The molecule has 2 aromatic carbocycles. The number of piperidine rings is 1. The molecule has 0 bridgehead atoms. The van der Waals surface area contributed by atoms with Crippen LogP contribution >= 0.6 is 0 Å². The molecule has 0 radical (unpaired) electrons. The summed E-state index contributed by atoms with van der Waals surface area (Å²) >= 11 is 0. The van der Waals surface area contributed by atoms with Crippen LogP contribution in [-0.2, 0) is 27.4 Å². The highest BCUT2D eigenvalue weighted by Gasteiger charge is 2.27. The first kappa shape index (κ1) is 25.0. The van der Waals surface area contributed by atoms with Crippen LogP contribution < -0.4 is 15.0 Å². The van der Waals surface area contributed by atoms with E-state index in [9.17, 15) is 0 Å². The zero-order valence-electron chi connectivity index (χ0n) is 20.9. The molecule has 2 atom stereocenters. The molecule has 1 saturated heterocycles. The van der Waals surface area contributed by atoms with Crippen LogP contribution in [0.25, 0.3) is 0 Å². The number of anilines is 1. The zero-order valence-corrected chi connectivity index (χ0v) is 20.9. The molecule has 0 aliphatic carbocycles. The van der Waals surface area contributed by atoms with Crippen LogP contribution in [-0.4, -0.2) is 58.7 Å². The minimum absolute atomic E-state index is 0.150. The Balaban J connectivity index is 1.38. The predicted octanol–water partition coefficient (Wildman–Crippen LogP) is 4.51. The van der Waals surface area contributed by atoms with Gasteiger partial charge in [0.15, 0.2) is 0 Å². The van der Waals surface area contributed by atoms with Crippen molar-refractivity contribution in [2.75, 3.05) is 51.4 Å². The summed E-state index contributed by atoms with van der Waals surface area (Å²) in [5.74, 6) is 1.36. The number of ether oxygens (including phenoxy) is 4. The summed E-state index contributed by atoms with van der Waals surface area (Å²) in [7, 11) is 1.76. The maximum absolute atomic E-state index is 6.50. The molecule has 6 heteroatoms. The lowest BCUT2D eigenvalue weighted by Gasteiger charge is -2.33. The Morgan fingerprint density at radius 3 is 2.71 bits per heavy atom. The molecule has 0 amide bonds.